The Hall–Kier alpha value is -6.28. The molecule has 2 saturated heterocycles. The summed E-state index contributed by atoms with van der Waals surface area (Å²) in [5, 5.41) is 36.3. The molecule has 0 atom stereocenters. The van der Waals surface area contributed by atoms with Gasteiger partial charge in [-0.15, -0.1) is 0 Å². The number of phenols is 1. The lowest BCUT2D eigenvalue weighted by Gasteiger charge is -2.29. The minimum atomic E-state index is -4.76. The zero-order valence-electron chi connectivity index (χ0n) is 33.4. The summed E-state index contributed by atoms with van der Waals surface area (Å²) in [6.07, 6.45) is -9.51. The summed E-state index contributed by atoms with van der Waals surface area (Å²) in [5.41, 5.74) is -4.77. The van der Waals surface area contributed by atoms with Gasteiger partial charge in [0.1, 0.15) is 29.2 Å². The van der Waals surface area contributed by atoms with Gasteiger partial charge in [0.25, 0.3) is 11.8 Å². The second-order valence-electron chi connectivity index (χ2n) is 13.9. The van der Waals surface area contributed by atoms with Crippen LogP contribution in [0.25, 0.3) is 0 Å². The summed E-state index contributed by atoms with van der Waals surface area (Å²) in [4.78, 5) is 31.3. The van der Waals surface area contributed by atoms with Crippen LogP contribution in [-0.2, 0) is 21.9 Å². The predicted molar refractivity (Wildman–Crippen MR) is 224 cm³/mol. The largest absolute Gasteiger partial charge is 0.508 e. The minimum absolute atomic E-state index is 0.00137. The fourth-order valence-corrected chi connectivity index (χ4v) is 7.42. The van der Waals surface area contributed by atoms with E-state index in [0.29, 0.717) is 17.1 Å². The van der Waals surface area contributed by atoms with E-state index >= 15 is 0 Å². The maximum Gasteiger partial charge on any atom is 0.417 e. The number of carbonyl (C=O) groups excluding carboxylic acids is 2. The summed E-state index contributed by atoms with van der Waals surface area (Å²) in [6, 6.07) is 21.7. The van der Waals surface area contributed by atoms with E-state index in [1.54, 1.807) is 69.0 Å². The molecule has 0 saturated carbocycles. The molecular weight excluding hydrogens is 847 g/mol. The zero-order chi connectivity index (χ0) is 45.8. The molecule has 2 fully saturated rings. The third kappa shape index (κ3) is 9.39. The fraction of sp³-hybridized carbons (Fsp3) is 0.286. The number of phenolic OH excluding ortho intramolecular Hbond substituents is 1. The average molecular weight is 885 g/mol. The molecule has 0 radical (unpaired) electrons. The molecular formula is C42H38F6N6O5S2. The van der Waals surface area contributed by atoms with E-state index in [-0.39, 0.29) is 40.6 Å². The normalized spacial score (nSPS) is 15.7. The van der Waals surface area contributed by atoms with Gasteiger partial charge in [0.2, 0.25) is 0 Å². The summed E-state index contributed by atoms with van der Waals surface area (Å²) < 4.78 is 85.4. The number of benzene rings is 4. The number of aliphatic hydroxyl groups is 1. The topological polar surface area (TPSA) is 144 Å². The molecule has 0 unspecified atom stereocenters. The van der Waals surface area contributed by atoms with Gasteiger partial charge in [-0.3, -0.25) is 19.4 Å². The zero-order valence-corrected chi connectivity index (χ0v) is 35.0. The second-order valence-corrected chi connectivity index (χ2v) is 14.6. The molecule has 2 aliphatic heterocycles. The van der Waals surface area contributed by atoms with E-state index in [9.17, 15) is 41.0 Å². The summed E-state index contributed by atoms with van der Waals surface area (Å²) in [5.74, 6) is -0.484. The van der Waals surface area contributed by atoms with Crippen molar-refractivity contribution in [2.45, 2.75) is 65.0 Å². The van der Waals surface area contributed by atoms with Gasteiger partial charge in [-0.2, -0.15) is 36.9 Å². The van der Waals surface area contributed by atoms with E-state index in [1.165, 1.54) is 41.3 Å². The Labute approximate surface area is 358 Å². The number of anilines is 4. The van der Waals surface area contributed by atoms with Crippen molar-refractivity contribution in [2.24, 2.45) is 0 Å². The quantitative estimate of drug-likeness (QED) is 0.136. The van der Waals surface area contributed by atoms with Gasteiger partial charge >= 0.3 is 12.4 Å². The SMILES string of the molecule is CC.CC1(C)C(=O)N(c2ccc(C#N)c(C(F)(F)F)c2)C(=S)N1c1ccc(O)cc1.CC1(C)C(=O)N(c2ccc(C#N)c(C(F)(F)F)c2)C(=S)N1c1ccc(OCCO)cc1. The van der Waals surface area contributed by atoms with Crippen LogP contribution in [0.15, 0.2) is 84.9 Å². The van der Waals surface area contributed by atoms with Crippen LogP contribution in [0.3, 0.4) is 0 Å². The molecule has 4 aromatic rings. The molecule has 0 spiro atoms. The predicted octanol–water partition coefficient (Wildman–Crippen LogP) is 9.09. The number of hydrogen-bond acceptors (Lipinski definition) is 9. The average Bonchev–Trinajstić information content (AvgIpc) is 3.51. The first-order valence-electron chi connectivity index (χ1n) is 18.2. The van der Waals surface area contributed by atoms with Gasteiger partial charge in [-0.1, -0.05) is 13.8 Å². The molecule has 320 valence electrons. The van der Waals surface area contributed by atoms with Crippen LogP contribution in [0.4, 0.5) is 49.1 Å². The molecule has 0 aliphatic carbocycles. The van der Waals surface area contributed by atoms with Crippen LogP contribution >= 0.6 is 24.4 Å². The summed E-state index contributed by atoms with van der Waals surface area (Å²) >= 11 is 10.9. The Morgan fingerprint density at radius 2 is 0.984 bits per heavy atom. The maximum absolute atomic E-state index is 13.4. The van der Waals surface area contributed by atoms with E-state index in [0.717, 1.165) is 34.1 Å². The van der Waals surface area contributed by atoms with E-state index in [4.69, 9.17) is 44.8 Å². The van der Waals surface area contributed by atoms with Crippen molar-refractivity contribution < 1.29 is 50.9 Å². The van der Waals surface area contributed by atoms with Gasteiger partial charge in [0.15, 0.2) is 10.2 Å². The monoisotopic (exact) mass is 884 g/mol. The van der Waals surface area contributed by atoms with Crippen molar-refractivity contribution in [2.75, 3.05) is 32.8 Å². The van der Waals surface area contributed by atoms with Crippen molar-refractivity contribution in [3.8, 4) is 23.6 Å². The van der Waals surface area contributed by atoms with Gasteiger partial charge in [0, 0.05) is 11.4 Å². The van der Waals surface area contributed by atoms with E-state index in [2.05, 4.69) is 0 Å². The molecule has 6 rings (SSSR count). The van der Waals surface area contributed by atoms with Crippen LogP contribution < -0.4 is 24.3 Å². The highest BCUT2D eigenvalue weighted by atomic mass is 32.1. The van der Waals surface area contributed by atoms with Crippen molar-refractivity contribution in [1.82, 2.24) is 0 Å². The number of nitriles is 2. The lowest BCUT2D eigenvalue weighted by atomic mass is 10.0. The van der Waals surface area contributed by atoms with Crippen molar-refractivity contribution in [1.29, 1.82) is 10.5 Å². The van der Waals surface area contributed by atoms with Gasteiger partial charge in [0.05, 0.1) is 52.4 Å². The number of alkyl halides is 6. The minimum Gasteiger partial charge on any atom is -0.508 e. The van der Waals surface area contributed by atoms with Crippen LogP contribution in [0.2, 0.25) is 0 Å². The standard InChI is InChI=1S/C21H18F3N3O3S.C19H14F3N3O2S.C2H6/c1-20(2)18(29)26(15-4-3-13(12-25)17(11-15)21(22,23)24)19(31)27(20)14-5-7-16(8-6-14)30-10-9-28;1-18(2)16(27)24(17(28)25(18)12-5-7-14(26)8-6-12)13-4-3-11(10-23)15(9-13)19(20,21)22;1-2/h3-8,11,28H,9-10H2,1-2H3;3-9,26H,1-2H3;1-2H3. The van der Waals surface area contributed by atoms with Crippen molar-refractivity contribution >= 4 is 69.2 Å². The van der Waals surface area contributed by atoms with E-state index in [1.807, 2.05) is 13.8 Å². The number of nitrogens with zero attached hydrogens (tertiary/aromatic N) is 6. The van der Waals surface area contributed by atoms with Crippen molar-refractivity contribution in [3.05, 3.63) is 107 Å². The first-order valence-corrected chi connectivity index (χ1v) is 19.0. The molecule has 2 aliphatic rings. The van der Waals surface area contributed by atoms with Crippen LogP contribution in [-0.4, -0.2) is 56.5 Å². The maximum atomic E-state index is 13.4. The number of rotatable bonds is 7. The van der Waals surface area contributed by atoms with Crippen LogP contribution in [0.1, 0.15) is 63.8 Å². The highest BCUT2D eigenvalue weighted by molar-refractivity contribution is 7.81. The molecule has 0 bridgehead atoms. The molecule has 2 heterocycles. The molecule has 2 N–H and O–H groups in total. The summed E-state index contributed by atoms with van der Waals surface area (Å²) in [7, 11) is 0. The molecule has 0 aromatic heterocycles. The van der Waals surface area contributed by atoms with Crippen LogP contribution in [0.5, 0.6) is 11.5 Å². The van der Waals surface area contributed by atoms with E-state index < -0.39 is 57.5 Å². The smallest absolute Gasteiger partial charge is 0.417 e. The Balaban J connectivity index is 0.000000259. The Morgan fingerprint density at radius 3 is 1.31 bits per heavy atom. The molecule has 61 heavy (non-hydrogen) atoms. The number of ether oxygens (including phenoxy) is 1. The number of aromatic hydroxyl groups is 1. The third-order valence-electron chi connectivity index (χ3n) is 9.27. The van der Waals surface area contributed by atoms with Crippen LogP contribution in [0, 0.1) is 22.7 Å². The fourth-order valence-electron chi connectivity index (χ4n) is 6.38. The van der Waals surface area contributed by atoms with Gasteiger partial charge in [-0.05, 0) is 137 Å². The number of thiocarbonyl (C=S) groups is 2. The first-order chi connectivity index (χ1) is 28.5. The lowest BCUT2D eigenvalue weighted by molar-refractivity contribution is -0.138. The molecule has 19 heteroatoms. The van der Waals surface area contributed by atoms with Gasteiger partial charge < -0.3 is 24.7 Å². The first kappa shape index (κ1) is 47.4. The molecule has 4 aromatic carbocycles. The highest BCUT2D eigenvalue weighted by Gasteiger charge is 2.52. The highest BCUT2D eigenvalue weighted by Crippen LogP contribution is 2.42. The number of halogens is 6. The Kier molecular flexibility index (Phi) is 14.1. The Morgan fingerprint density at radius 1 is 0.639 bits per heavy atom. The second kappa shape index (κ2) is 18.1. The Bertz CT molecular complexity index is 2410. The third-order valence-corrected chi connectivity index (χ3v) is 10.0. The summed E-state index contributed by atoms with van der Waals surface area (Å²) in [6.45, 7) is 10.4. The van der Waals surface area contributed by atoms with Gasteiger partial charge in [-0.25, -0.2) is 0 Å². The lowest BCUT2D eigenvalue weighted by Crippen LogP contribution is -2.44. The van der Waals surface area contributed by atoms with Crippen molar-refractivity contribution in [3.63, 3.8) is 0 Å². The molecule has 11 nitrogen and oxygen atoms in total. The number of aliphatic hydroxyl groups excluding tert-OH is 1. The molecule has 2 amide bonds. The number of hydrogen-bond donors (Lipinski definition) is 2. The number of carbonyl (C=O) groups is 2. The number of amides is 2.